The van der Waals surface area contributed by atoms with Gasteiger partial charge in [0.05, 0.1) is 16.6 Å². The molecule has 1 aromatic carbocycles. The Bertz CT molecular complexity index is 475. The molecule has 2 atom stereocenters. The smallest absolute Gasteiger partial charge is 0.336 e. The summed E-state index contributed by atoms with van der Waals surface area (Å²) in [5, 5.41) is 38.5. The van der Waals surface area contributed by atoms with Crippen molar-refractivity contribution in [3.8, 4) is 0 Å². The van der Waals surface area contributed by atoms with Crippen LogP contribution in [0.15, 0.2) is 18.2 Å². The van der Waals surface area contributed by atoms with Crippen LogP contribution in [0.25, 0.3) is 0 Å². The van der Waals surface area contributed by atoms with E-state index in [1.54, 1.807) is 0 Å². The third-order valence-electron chi connectivity index (χ3n) is 2.40. The molecule has 0 aromatic heterocycles. The molecule has 5 N–H and O–H groups in total. The zero-order chi connectivity index (χ0) is 13.9. The van der Waals surface area contributed by atoms with Gasteiger partial charge in [0.25, 0.3) is 5.69 Å². The number of aromatic carboxylic acids is 1. The second-order valence-corrected chi connectivity index (χ2v) is 3.58. The lowest BCUT2D eigenvalue weighted by Gasteiger charge is -2.17. The molecule has 2 unspecified atom stereocenters. The second kappa shape index (κ2) is 5.54. The van der Waals surface area contributed by atoms with Crippen LogP contribution in [0, 0.1) is 10.1 Å². The van der Waals surface area contributed by atoms with Gasteiger partial charge in [-0.05, 0) is 11.6 Å². The van der Waals surface area contributed by atoms with E-state index >= 15 is 0 Å². The monoisotopic (exact) mass is 256 g/mol. The highest BCUT2D eigenvalue weighted by molar-refractivity contribution is 5.90. The first-order chi connectivity index (χ1) is 8.38. The number of hydrogen-bond acceptors (Lipinski definition) is 6. The van der Waals surface area contributed by atoms with Gasteiger partial charge in [0.1, 0.15) is 6.10 Å². The van der Waals surface area contributed by atoms with Gasteiger partial charge < -0.3 is 21.1 Å². The zero-order valence-corrected chi connectivity index (χ0v) is 9.18. The number of nitro groups is 1. The molecule has 0 aliphatic heterocycles. The number of aliphatic hydroxyl groups excluding tert-OH is 2. The van der Waals surface area contributed by atoms with Gasteiger partial charge in [0, 0.05) is 18.7 Å². The van der Waals surface area contributed by atoms with Gasteiger partial charge >= 0.3 is 5.97 Å². The Morgan fingerprint density at radius 2 is 2.06 bits per heavy atom. The Labute approximate surface area is 101 Å². The van der Waals surface area contributed by atoms with Crippen molar-refractivity contribution in [1.29, 1.82) is 0 Å². The molecule has 0 amide bonds. The first-order valence-electron chi connectivity index (χ1n) is 4.96. The number of carboxylic acid groups (broad SMARTS) is 1. The zero-order valence-electron chi connectivity index (χ0n) is 9.18. The summed E-state index contributed by atoms with van der Waals surface area (Å²) in [5.74, 6) is -1.43. The average molecular weight is 256 g/mol. The van der Waals surface area contributed by atoms with E-state index in [1.807, 2.05) is 0 Å². The summed E-state index contributed by atoms with van der Waals surface area (Å²) in [4.78, 5) is 20.7. The highest BCUT2D eigenvalue weighted by Crippen LogP contribution is 2.25. The minimum absolute atomic E-state index is 0.119. The SMILES string of the molecule is NCC(O)C(O)c1ccc([N+](=O)[O-])cc1C(=O)O. The summed E-state index contributed by atoms with van der Waals surface area (Å²) < 4.78 is 0. The second-order valence-electron chi connectivity index (χ2n) is 3.58. The predicted molar refractivity (Wildman–Crippen MR) is 60.1 cm³/mol. The first-order valence-corrected chi connectivity index (χ1v) is 4.96. The maximum absolute atomic E-state index is 11.0. The summed E-state index contributed by atoms with van der Waals surface area (Å²) in [6, 6.07) is 2.96. The van der Waals surface area contributed by atoms with Crippen LogP contribution in [0.1, 0.15) is 22.0 Å². The van der Waals surface area contributed by atoms with Crippen LogP contribution >= 0.6 is 0 Å². The van der Waals surface area contributed by atoms with Crippen LogP contribution in [0.2, 0.25) is 0 Å². The minimum Gasteiger partial charge on any atom is -0.478 e. The summed E-state index contributed by atoms with van der Waals surface area (Å²) in [6.45, 7) is -0.267. The lowest BCUT2D eigenvalue weighted by Crippen LogP contribution is -2.28. The number of nitrogens with two attached hydrogens (primary N) is 1. The lowest BCUT2D eigenvalue weighted by molar-refractivity contribution is -0.384. The first kappa shape index (κ1) is 14.0. The minimum atomic E-state index is -1.51. The van der Waals surface area contributed by atoms with E-state index in [-0.39, 0.29) is 12.1 Å². The molecule has 18 heavy (non-hydrogen) atoms. The van der Waals surface area contributed by atoms with Crippen molar-refractivity contribution in [3.05, 3.63) is 39.4 Å². The maximum atomic E-state index is 11.0. The van der Waals surface area contributed by atoms with Gasteiger partial charge in [-0.15, -0.1) is 0 Å². The van der Waals surface area contributed by atoms with Gasteiger partial charge in [-0.3, -0.25) is 10.1 Å². The van der Waals surface area contributed by atoms with Crippen molar-refractivity contribution in [2.75, 3.05) is 6.54 Å². The molecule has 0 spiro atoms. The molecular formula is C10H12N2O6. The van der Waals surface area contributed by atoms with E-state index in [9.17, 15) is 25.1 Å². The topological polar surface area (TPSA) is 147 Å². The molecule has 0 saturated carbocycles. The van der Waals surface area contributed by atoms with Crippen molar-refractivity contribution in [1.82, 2.24) is 0 Å². The molecule has 8 heteroatoms. The number of carboxylic acids is 1. The standard InChI is InChI=1S/C10H12N2O6/c11-4-8(13)9(14)6-2-1-5(12(17)18)3-7(6)10(15)16/h1-3,8-9,13-14H,4,11H2,(H,15,16). The Balaban J connectivity index is 3.27. The number of nitro benzene ring substituents is 1. The Kier molecular flexibility index (Phi) is 4.32. The predicted octanol–water partition coefficient (Wildman–Crippen LogP) is -0.354. The van der Waals surface area contributed by atoms with Crippen LogP contribution in [-0.4, -0.2) is 38.9 Å². The van der Waals surface area contributed by atoms with Gasteiger partial charge in [-0.1, -0.05) is 0 Å². The molecule has 0 bridgehead atoms. The molecular weight excluding hydrogens is 244 g/mol. The molecule has 0 saturated heterocycles. The van der Waals surface area contributed by atoms with Crippen LogP contribution in [0.3, 0.4) is 0 Å². The maximum Gasteiger partial charge on any atom is 0.336 e. The van der Waals surface area contributed by atoms with Gasteiger partial charge in [-0.2, -0.15) is 0 Å². The number of hydrogen-bond donors (Lipinski definition) is 4. The van der Waals surface area contributed by atoms with Crippen molar-refractivity contribution in [2.24, 2.45) is 5.73 Å². The lowest BCUT2D eigenvalue weighted by atomic mass is 9.98. The van der Waals surface area contributed by atoms with Crippen molar-refractivity contribution >= 4 is 11.7 Å². The van der Waals surface area contributed by atoms with E-state index in [0.717, 1.165) is 18.2 Å². The van der Waals surface area contributed by atoms with E-state index in [1.165, 1.54) is 0 Å². The Morgan fingerprint density at radius 3 is 2.50 bits per heavy atom. The fourth-order valence-electron chi connectivity index (χ4n) is 1.44. The Morgan fingerprint density at radius 1 is 1.44 bits per heavy atom. The molecule has 1 rings (SSSR count). The molecule has 0 aliphatic carbocycles. The van der Waals surface area contributed by atoms with Crippen molar-refractivity contribution < 1.29 is 25.0 Å². The van der Waals surface area contributed by atoms with Crippen molar-refractivity contribution in [3.63, 3.8) is 0 Å². The van der Waals surface area contributed by atoms with Crippen LogP contribution < -0.4 is 5.73 Å². The fourth-order valence-corrected chi connectivity index (χ4v) is 1.44. The third kappa shape index (κ3) is 2.80. The van der Waals surface area contributed by atoms with Crippen molar-refractivity contribution in [2.45, 2.75) is 12.2 Å². The fraction of sp³-hybridized carbons (Fsp3) is 0.300. The van der Waals surface area contributed by atoms with E-state index in [4.69, 9.17) is 10.8 Å². The summed E-state index contributed by atoms with van der Waals surface area (Å²) in [6.07, 6.45) is -2.86. The molecule has 98 valence electrons. The quantitative estimate of drug-likeness (QED) is 0.415. The van der Waals surface area contributed by atoms with Gasteiger partial charge in [-0.25, -0.2) is 4.79 Å². The number of benzene rings is 1. The summed E-state index contributed by atoms with van der Waals surface area (Å²) in [7, 11) is 0. The van der Waals surface area contributed by atoms with Crippen LogP contribution in [0.5, 0.6) is 0 Å². The van der Waals surface area contributed by atoms with E-state index < -0.39 is 34.4 Å². The number of nitrogens with zero attached hydrogens (tertiary/aromatic N) is 1. The number of aliphatic hydroxyl groups is 2. The molecule has 1 aromatic rings. The Hall–Kier alpha value is -2.03. The highest BCUT2D eigenvalue weighted by Gasteiger charge is 2.24. The van der Waals surface area contributed by atoms with Gasteiger partial charge in [0.2, 0.25) is 0 Å². The molecule has 0 radical (unpaired) electrons. The van der Waals surface area contributed by atoms with Gasteiger partial charge in [0.15, 0.2) is 0 Å². The molecule has 0 fully saturated rings. The highest BCUT2D eigenvalue weighted by atomic mass is 16.6. The summed E-state index contributed by atoms with van der Waals surface area (Å²) >= 11 is 0. The van der Waals surface area contributed by atoms with E-state index in [2.05, 4.69) is 0 Å². The van der Waals surface area contributed by atoms with E-state index in [0.29, 0.717) is 0 Å². The number of carbonyl (C=O) groups is 1. The number of non-ortho nitro benzene ring substituents is 1. The largest absolute Gasteiger partial charge is 0.478 e. The van der Waals surface area contributed by atoms with Crippen LogP contribution in [-0.2, 0) is 0 Å². The average Bonchev–Trinajstić information content (AvgIpc) is 2.35. The third-order valence-corrected chi connectivity index (χ3v) is 2.40. The number of rotatable bonds is 5. The molecule has 0 heterocycles. The molecule has 8 nitrogen and oxygen atoms in total. The van der Waals surface area contributed by atoms with Crippen LogP contribution in [0.4, 0.5) is 5.69 Å². The normalized spacial score (nSPS) is 13.9. The summed E-state index contributed by atoms with van der Waals surface area (Å²) in [5.41, 5.74) is 4.18. The molecule has 0 aliphatic rings.